The Balaban J connectivity index is 0. The molecule has 0 fully saturated rings. The molecule has 2 nitrogen and oxygen atoms in total. The van der Waals surface area contributed by atoms with Gasteiger partial charge in [0, 0.05) is 17.4 Å². The van der Waals surface area contributed by atoms with Crippen LogP contribution in [0.4, 0.5) is 13.2 Å². The van der Waals surface area contributed by atoms with Gasteiger partial charge in [-0.1, -0.05) is 19.9 Å². The Morgan fingerprint density at radius 1 is 1.17 bits per heavy atom. The highest BCUT2D eigenvalue weighted by atomic mass is 27.0. The first kappa shape index (κ1) is 18.9. The summed E-state index contributed by atoms with van der Waals surface area (Å²) in [6.45, 7) is 4.00. The molecule has 0 bridgehead atoms. The zero-order valence-electron chi connectivity index (χ0n) is 10.0. The number of halogens is 3. The first-order valence-corrected chi connectivity index (χ1v) is 4.96. The van der Waals surface area contributed by atoms with E-state index in [1.54, 1.807) is 12.1 Å². The Hall–Kier alpha value is -1.48. The summed E-state index contributed by atoms with van der Waals surface area (Å²) in [5.41, 5.74) is -1.09. The molecule has 6 heteroatoms. The van der Waals surface area contributed by atoms with Crippen LogP contribution in [-0.4, -0.2) is 17.4 Å². The van der Waals surface area contributed by atoms with Crippen molar-refractivity contribution >= 4 is 17.4 Å². The van der Waals surface area contributed by atoms with E-state index in [2.05, 4.69) is 0 Å². The molecule has 1 aromatic carbocycles. The summed E-state index contributed by atoms with van der Waals surface area (Å²) in [6.07, 6.45) is -4.85. The van der Waals surface area contributed by atoms with Crippen molar-refractivity contribution in [2.75, 3.05) is 0 Å². The van der Waals surface area contributed by atoms with E-state index in [9.17, 15) is 13.2 Å². The third-order valence-corrected chi connectivity index (χ3v) is 1.81. The highest BCUT2D eigenvalue weighted by molar-refractivity contribution is 5.75. The van der Waals surface area contributed by atoms with E-state index in [4.69, 9.17) is 10.5 Å². The maximum absolute atomic E-state index is 12.5. The van der Waals surface area contributed by atoms with Gasteiger partial charge in [-0.2, -0.15) is 23.7 Å². The fraction of sp³-hybridized carbons (Fsp3) is 0.333. The quantitative estimate of drug-likeness (QED) is 0.733. The van der Waals surface area contributed by atoms with Crippen LogP contribution in [0, 0.1) is 22.7 Å². The average molecular weight is 267 g/mol. The van der Waals surface area contributed by atoms with E-state index in [0.29, 0.717) is 0 Å². The molecular formula is C12H11AlF3N2. The predicted octanol–water partition coefficient (Wildman–Crippen LogP) is 3.29. The van der Waals surface area contributed by atoms with E-state index in [1.165, 1.54) is 6.07 Å². The van der Waals surface area contributed by atoms with Crippen LogP contribution in [0.5, 0.6) is 0 Å². The summed E-state index contributed by atoms with van der Waals surface area (Å²) in [6, 6.07) is 6.46. The standard InChI is InChI=1S/C10H5F3N2.C2H6.Al/c11-10(12,13)9-5-7(6-15)1-2-8(9)3-4-14;1-2;/h1-2,5H,3H2;1-2H3;. The lowest BCUT2D eigenvalue weighted by Crippen LogP contribution is -2.09. The molecule has 0 spiro atoms. The summed E-state index contributed by atoms with van der Waals surface area (Å²) in [5, 5.41) is 16.8. The summed E-state index contributed by atoms with van der Waals surface area (Å²) in [7, 11) is 0. The van der Waals surface area contributed by atoms with Crippen LogP contribution in [0.25, 0.3) is 0 Å². The van der Waals surface area contributed by atoms with Crippen LogP contribution in [0.2, 0.25) is 0 Å². The van der Waals surface area contributed by atoms with Crippen molar-refractivity contribution in [2.24, 2.45) is 0 Å². The summed E-state index contributed by atoms with van der Waals surface area (Å²) in [5.74, 6) is 0. The van der Waals surface area contributed by atoms with Crippen molar-refractivity contribution < 1.29 is 13.2 Å². The van der Waals surface area contributed by atoms with Gasteiger partial charge in [0.05, 0.1) is 29.7 Å². The minimum atomic E-state index is -4.53. The van der Waals surface area contributed by atoms with Crippen LogP contribution in [0.3, 0.4) is 0 Å². The Bertz CT molecular complexity index is 456. The molecule has 0 atom stereocenters. The number of benzene rings is 1. The Morgan fingerprint density at radius 3 is 2.11 bits per heavy atom. The monoisotopic (exact) mass is 267 g/mol. The van der Waals surface area contributed by atoms with Crippen molar-refractivity contribution in [1.29, 1.82) is 10.5 Å². The maximum atomic E-state index is 12.5. The SMILES string of the molecule is CC.N#CCc1ccc(C#N)cc1C(F)(F)F.[Al]. The molecule has 0 N–H and O–H groups in total. The minimum Gasteiger partial charge on any atom is -0.198 e. The molecule has 1 rings (SSSR count). The summed E-state index contributed by atoms with van der Waals surface area (Å²) in [4.78, 5) is 0. The van der Waals surface area contributed by atoms with Gasteiger partial charge in [0.25, 0.3) is 0 Å². The van der Waals surface area contributed by atoms with Gasteiger partial charge in [0.2, 0.25) is 0 Å². The van der Waals surface area contributed by atoms with Crippen LogP contribution >= 0.6 is 0 Å². The van der Waals surface area contributed by atoms with Gasteiger partial charge in [0.15, 0.2) is 0 Å². The second-order valence-electron chi connectivity index (χ2n) is 2.82. The number of rotatable bonds is 1. The molecule has 0 aliphatic carbocycles. The van der Waals surface area contributed by atoms with E-state index in [-0.39, 0.29) is 34.9 Å². The normalized spacial score (nSPS) is 9.06. The summed E-state index contributed by atoms with van der Waals surface area (Å²) < 4.78 is 37.4. The molecule has 0 saturated carbocycles. The van der Waals surface area contributed by atoms with E-state index in [0.717, 1.165) is 12.1 Å². The third-order valence-electron chi connectivity index (χ3n) is 1.81. The lowest BCUT2D eigenvalue weighted by Gasteiger charge is -2.10. The number of nitriles is 2. The predicted molar refractivity (Wildman–Crippen MR) is 62.6 cm³/mol. The molecule has 18 heavy (non-hydrogen) atoms. The second kappa shape index (κ2) is 8.59. The lowest BCUT2D eigenvalue weighted by molar-refractivity contribution is -0.138. The van der Waals surface area contributed by atoms with Gasteiger partial charge in [-0.15, -0.1) is 0 Å². The van der Waals surface area contributed by atoms with Gasteiger partial charge in [-0.3, -0.25) is 0 Å². The Morgan fingerprint density at radius 2 is 1.72 bits per heavy atom. The number of hydrogen-bond acceptors (Lipinski definition) is 2. The van der Waals surface area contributed by atoms with E-state index < -0.39 is 11.7 Å². The first-order chi connectivity index (χ1) is 7.99. The van der Waals surface area contributed by atoms with Gasteiger partial charge < -0.3 is 0 Å². The molecular weight excluding hydrogens is 256 g/mol. The van der Waals surface area contributed by atoms with Gasteiger partial charge in [-0.05, 0) is 17.7 Å². The molecule has 0 aliphatic heterocycles. The van der Waals surface area contributed by atoms with E-state index >= 15 is 0 Å². The fourth-order valence-corrected chi connectivity index (χ4v) is 1.15. The lowest BCUT2D eigenvalue weighted by atomic mass is 10.0. The van der Waals surface area contributed by atoms with Gasteiger partial charge in [0.1, 0.15) is 0 Å². The average Bonchev–Trinajstić information content (AvgIpc) is 2.31. The smallest absolute Gasteiger partial charge is 0.198 e. The molecule has 0 heterocycles. The largest absolute Gasteiger partial charge is 0.416 e. The number of nitrogens with zero attached hydrogens (tertiary/aromatic N) is 2. The van der Waals surface area contributed by atoms with Crippen molar-refractivity contribution in [3.63, 3.8) is 0 Å². The molecule has 0 amide bonds. The topological polar surface area (TPSA) is 47.6 Å². The van der Waals surface area contributed by atoms with E-state index in [1.807, 2.05) is 13.8 Å². The van der Waals surface area contributed by atoms with Crippen LogP contribution in [0.1, 0.15) is 30.5 Å². The van der Waals surface area contributed by atoms with Crippen LogP contribution < -0.4 is 0 Å². The molecule has 3 radical (unpaired) electrons. The molecule has 0 saturated heterocycles. The Labute approximate surface area is 115 Å². The third kappa shape index (κ3) is 5.24. The van der Waals surface area contributed by atoms with Gasteiger partial charge in [-0.25, -0.2) is 0 Å². The zero-order valence-corrected chi connectivity index (χ0v) is 11.2. The Kier molecular flexibility index (Phi) is 9.01. The number of hydrogen-bond donors (Lipinski definition) is 0. The molecule has 0 unspecified atom stereocenters. The minimum absolute atomic E-state index is 0. The second-order valence-corrected chi connectivity index (χ2v) is 2.82. The molecule has 0 aliphatic rings. The molecule has 93 valence electrons. The molecule has 1 aromatic rings. The first-order valence-electron chi connectivity index (χ1n) is 4.96. The van der Waals surface area contributed by atoms with Crippen LogP contribution in [-0.2, 0) is 12.6 Å². The van der Waals surface area contributed by atoms with Crippen LogP contribution in [0.15, 0.2) is 18.2 Å². The maximum Gasteiger partial charge on any atom is 0.416 e. The van der Waals surface area contributed by atoms with Crippen molar-refractivity contribution in [2.45, 2.75) is 26.4 Å². The number of alkyl halides is 3. The van der Waals surface area contributed by atoms with Crippen molar-refractivity contribution in [3.05, 3.63) is 34.9 Å². The summed E-state index contributed by atoms with van der Waals surface area (Å²) >= 11 is 0. The van der Waals surface area contributed by atoms with Crippen molar-refractivity contribution in [1.82, 2.24) is 0 Å². The molecule has 0 aromatic heterocycles. The van der Waals surface area contributed by atoms with Gasteiger partial charge >= 0.3 is 6.18 Å². The highest BCUT2D eigenvalue weighted by Crippen LogP contribution is 2.32. The zero-order chi connectivity index (χ0) is 13.5. The highest BCUT2D eigenvalue weighted by Gasteiger charge is 2.33. The fourth-order valence-electron chi connectivity index (χ4n) is 1.15. The van der Waals surface area contributed by atoms with Crippen molar-refractivity contribution in [3.8, 4) is 12.1 Å².